The Morgan fingerprint density at radius 2 is 1.85 bits per heavy atom. The first kappa shape index (κ1) is 19.0. The second-order valence-electron chi connectivity index (χ2n) is 5.73. The highest BCUT2D eigenvalue weighted by Crippen LogP contribution is 2.34. The predicted molar refractivity (Wildman–Crippen MR) is 104 cm³/mol. The number of halogens is 1. The Morgan fingerprint density at radius 3 is 2.48 bits per heavy atom. The summed E-state index contributed by atoms with van der Waals surface area (Å²) in [6, 6.07) is 11.9. The number of aryl methyl sites for hydroxylation is 1. The molecule has 0 spiro atoms. The third-order valence-electron chi connectivity index (χ3n) is 3.61. The van der Waals surface area contributed by atoms with Gasteiger partial charge in [-0.2, -0.15) is 0 Å². The number of benzene rings is 2. The molecule has 140 valence electrons. The molecule has 0 atom stereocenters. The van der Waals surface area contributed by atoms with Gasteiger partial charge in [0.15, 0.2) is 5.13 Å². The first-order valence-corrected chi connectivity index (χ1v) is 10.2. The summed E-state index contributed by atoms with van der Waals surface area (Å²) < 4.78 is 41.5. The SMILES string of the molecule is CC(=O)Nc1nc(C)c(-c2ccc(NS(=O)(=O)c3ccccc3)c(F)c2)s1. The summed E-state index contributed by atoms with van der Waals surface area (Å²) in [6.07, 6.45) is 0. The zero-order valence-electron chi connectivity index (χ0n) is 14.5. The molecule has 1 heterocycles. The van der Waals surface area contributed by atoms with Gasteiger partial charge in [0.25, 0.3) is 10.0 Å². The molecule has 0 aliphatic heterocycles. The molecule has 0 saturated carbocycles. The molecular weight excluding hydrogens is 389 g/mol. The molecule has 9 heteroatoms. The highest BCUT2D eigenvalue weighted by atomic mass is 32.2. The number of hydrogen-bond donors (Lipinski definition) is 2. The Hall–Kier alpha value is -2.78. The van der Waals surface area contributed by atoms with Crippen LogP contribution in [0.5, 0.6) is 0 Å². The molecule has 0 radical (unpaired) electrons. The average Bonchev–Trinajstić information content (AvgIpc) is 2.97. The quantitative estimate of drug-likeness (QED) is 0.671. The van der Waals surface area contributed by atoms with Crippen molar-refractivity contribution >= 4 is 38.1 Å². The van der Waals surface area contributed by atoms with Crippen LogP contribution < -0.4 is 10.0 Å². The molecule has 0 aliphatic rings. The number of anilines is 2. The second-order valence-corrected chi connectivity index (χ2v) is 8.41. The minimum atomic E-state index is -3.88. The Labute approximate surface area is 160 Å². The smallest absolute Gasteiger partial charge is 0.261 e. The van der Waals surface area contributed by atoms with Gasteiger partial charge in [-0.25, -0.2) is 17.8 Å². The number of sulfonamides is 1. The van der Waals surface area contributed by atoms with E-state index in [4.69, 9.17) is 0 Å². The van der Waals surface area contributed by atoms with Crippen LogP contribution in [0, 0.1) is 12.7 Å². The highest BCUT2D eigenvalue weighted by molar-refractivity contribution is 7.92. The van der Waals surface area contributed by atoms with Crippen molar-refractivity contribution in [3.05, 3.63) is 60.0 Å². The van der Waals surface area contributed by atoms with Crippen molar-refractivity contribution in [3.8, 4) is 10.4 Å². The number of nitrogens with one attached hydrogen (secondary N) is 2. The van der Waals surface area contributed by atoms with E-state index in [0.717, 1.165) is 0 Å². The Balaban J connectivity index is 1.89. The summed E-state index contributed by atoms with van der Waals surface area (Å²) in [7, 11) is -3.88. The summed E-state index contributed by atoms with van der Waals surface area (Å²) in [5, 5.41) is 3.01. The average molecular weight is 405 g/mol. The van der Waals surface area contributed by atoms with E-state index in [9.17, 15) is 17.6 Å². The van der Waals surface area contributed by atoms with Crippen LogP contribution in [0.15, 0.2) is 53.4 Å². The van der Waals surface area contributed by atoms with Crippen molar-refractivity contribution in [2.45, 2.75) is 18.7 Å². The van der Waals surface area contributed by atoms with E-state index >= 15 is 0 Å². The fraction of sp³-hybridized carbons (Fsp3) is 0.111. The lowest BCUT2D eigenvalue weighted by Gasteiger charge is -2.10. The zero-order valence-corrected chi connectivity index (χ0v) is 16.1. The molecule has 2 aromatic carbocycles. The number of carbonyl (C=O) groups is 1. The molecule has 0 bridgehead atoms. The summed E-state index contributed by atoms with van der Waals surface area (Å²) >= 11 is 1.22. The van der Waals surface area contributed by atoms with Crippen LogP contribution in [-0.2, 0) is 14.8 Å². The number of thiazole rings is 1. The Morgan fingerprint density at radius 1 is 1.15 bits per heavy atom. The van der Waals surface area contributed by atoms with E-state index in [1.165, 1.54) is 42.5 Å². The van der Waals surface area contributed by atoms with E-state index in [0.29, 0.717) is 21.3 Å². The highest BCUT2D eigenvalue weighted by Gasteiger charge is 2.17. The fourth-order valence-corrected chi connectivity index (χ4v) is 4.51. The maximum absolute atomic E-state index is 14.5. The number of rotatable bonds is 5. The predicted octanol–water partition coefficient (Wildman–Crippen LogP) is 4.02. The molecule has 2 N–H and O–H groups in total. The molecule has 27 heavy (non-hydrogen) atoms. The standard InChI is InChI=1S/C18H16FN3O3S2/c1-11-17(26-18(20-11)21-12(2)23)13-8-9-16(15(19)10-13)22-27(24,25)14-6-4-3-5-7-14/h3-10,22H,1-2H3,(H,20,21,23). The molecule has 0 unspecified atom stereocenters. The molecule has 1 amide bonds. The molecule has 3 aromatic rings. The molecule has 0 aliphatic carbocycles. The number of hydrogen-bond acceptors (Lipinski definition) is 5. The molecule has 0 saturated heterocycles. The maximum Gasteiger partial charge on any atom is 0.261 e. The molecule has 3 rings (SSSR count). The number of nitrogens with zero attached hydrogens (tertiary/aromatic N) is 1. The first-order valence-electron chi connectivity index (χ1n) is 7.89. The number of amides is 1. The van der Waals surface area contributed by atoms with Gasteiger partial charge >= 0.3 is 0 Å². The third kappa shape index (κ3) is 4.32. The van der Waals surface area contributed by atoms with E-state index in [1.54, 1.807) is 31.2 Å². The molecular formula is C18H16FN3O3S2. The molecule has 1 aromatic heterocycles. The lowest BCUT2D eigenvalue weighted by molar-refractivity contribution is -0.114. The van der Waals surface area contributed by atoms with Crippen molar-refractivity contribution in [3.63, 3.8) is 0 Å². The van der Waals surface area contributed by atoms with Crippen LogP contribution in [0.2, 0.25) is 0 Å². The van der Waals surface area contributed by atoms with E-state index in [1.807, 2.05) is 0 Å². The molecule has 0 fully saturated rings. The summed E-state index contributed by atoms with van der Waals surface area (Å²) in [5.41, 5.74) is 1.04. The van der Waals surface area contributed by atoms with Gasteiger partial charge in [-0.3, -0.25) is 9.52 Å². The summed E-state index contributed by atoms with van der Waals surface area (Å²) in [5.74, 6) is -0.951. The number of carbonyl (C=O) groups excluding carboxylic acids is 1. The second kappa shape index (κ2) is 7.45. The number of aromatic nitrogens is 1. The van der Waals surface area contributed by atoms with Crippen molar-refractivity contribution < 1.29 is 17.6 Å². The third-order valence-corrected chi connectivity index (χ3v) is 6.11. The van der Waals surface area contributed by atoms with Crippen LogP contribution in [0.4, 0.5) is 15.2 Å². The van der Waals surface area contributed by atoms with Crippen LogP contribution in [0.3, 0.4) is 0 Å². The first-order chi connectivity index (χ1) is 12.8. The van der Waals surface area contributed by atoms with Gasteiger partial charge in [0.05, 0.1) is 21.2 Å². The lowest BCUT2D eigenvalue weighted by atomic mass is 10.1. The van der Waals surface area contributed by atoms with Crippen molar-refractivity contribution in [1.82, 2.24) is 4.98 Å². The van der Waals surface area contributed by atoms with Gasteiger partial charge in [0.1, 0.15) is 5.82 Å². The monoisotopic (exact) mass is 405 g/mol. The summed E-state index contributed by atoms with van der Waals surface area (Å²) in [6.45, 7) is 3.13. The lowest BCUT2D eigenvalue weighted by Crippen LogP contribution is -2.13. The normalized spacial score (nSPS) is 11.2. The van der Waals surface area contributed by atoms with Crippen LogP contribution in [0.1, 0.15) is 12.6 Å². The van der Waals surface area contributed by atoms with Crippen LogP contribution in [0.25, 0.3) is 10.4 Å². The van der Waals surface area contributed by atoms with Crippen molar-refractivity contribution in [1.29, 1.82) is 0 Å². The molecule has 6 nitrogen and oxygen atoms in total. The minimum Gasteiger partial charge on any atom is -0.302 e. The van der Waals surface area contributed by atoms with Crippen molar-refractivity contribution in [2.75, 3.05) is 10.0 Å². The Bertz CT molecular complexity index is 1100. The van der Waals surface area contributed by atoms with Gasteiger partial charge in [-0.05, 0) is 36.8 Å². The van der Waals surface area contributed by atoms with Gasteiger partial charge in [-0.1, -0.05) is 35.6 Å². The fourth-order valence-electron chi connectivity index (χ4n) is 2.41. The maximum atomic E-state index is 14.5. The largest absolute Gasteiger partial charge is 0.302 e. The van der Waals surface area contributed by atoms with Crippen molar-refractivity contribution in [2.24, 2.45) is 0 Å². The summed E-state index contributed by atoms with van der Waals surface area (Å²) in [4.78, 5) is 16.1. The van der Waals surface area contributed by atoms with E-state index in [-0.39, 0.29) is 16.5 Å². The zero-order chi connectivity index (χ0) is 19.6. The van der Waals surface area contributed by atoms with Gasteiger partial charge in [0, 0.05) is 6.92 Å². The van der Waals surface area contributed by atoms with Gasteiger partial charge in [-0.15, -0.1) is 0 Å². The van der Waals surface area contributed by atoms with E-state index < -0.39 is 15.8 Å². The Kier molecular flexibility index (Phi) is 5.24. The van der Waals surface area contributed by atoms with Gasteiger partial charge in [0.2, 0.25) is 5.91 Å². The van der Waals surface area contributed by atoms with Crippen LogP contribution >= 0.6 is 11.3 Å². The van der Waals surface area contributed by atoms with Crippen LogP contribution in [-0.4, -0.2) is 19.3 Å². The van der Waals surface area contributed by atoms with E-state index in [2.05, 4.69) is 15.0 Å². The van der Waals surface area contributed by atoms with Gasteiger partial charge < -0.3 is 5.32 Å². The minimum absolute atomic E-state index is 0.0479. The topological polar surface area (TPSA) is 88.2 Å².